The van der Waals surface area contributed by atoms with Gasteiger partial charge < -0.3 is 5.11 Å². The molecule has 0 aliphatic rings. The molecule has 0 saturated carbocycles. The van der Waals surface area contributed by atoms with Crippen molar-refractivity contribution in [3.05, 3.63) is 65.7 Å². The summed E-state index contributed by atoms with van der Waals surface area (Å²) in [6.07, 6.45) is -1.57. The number of carboxylic acids is 1. The van der Waals surface area contributed by atoms with Crippen molar-refractivity contribution in [3.63, 3.8) is 0 Å². The number of benzene rings is 2. The quantitative estimate of drug-likeness (QED) is 0.859. The Balaban J connectivity index is 2.32. The van der Waals surface area contributed by atoms with Crippen molar-refractivity contribution in [2.24, 2.45) is 0 Å². The maximum atomic E-state index is 12.1. The van der Waals surface area contributed by atoms with Gasteiger partial charge >= 0.3 is 5.97 Å². The first-order chi connectivity index (χ1) is 9.90. The summed E-state index contributed by atoms with van der Waals surface area (Å²) in [6, 6.07) is 14.0. The lowest BCUT2D eigenvalue weighted by atomic mass is 10.1. The van der Waals surface area contributed by atoms with Gasteiger partial charge in [-0.05, 0) is 24.6 Å². The minimum atomic E-state index is -4.15. The van der Waals surface area contributed by atoms with Gasteiger partial charge in [0.15, 0.2) is 6.10 Å². The van der Waals surface area contributed by atoms with Crippen LogP contribution in [-0.2, 0) is 19.1 Å². The number of aryl methyl sites for hydroxylation is 1. The molecule has 0 saturated heterocycles. The fraction of sp³-hybridized carbons (Fsp3) is 0.133. The molecule has 1 atom stereocenters. The fourth-order valence-corrected chi connectivity index (χ4v) is 2.78. The summed E-state index contributed by atoms with van der Waals surface area (Å²) in [5.41, 5.74) is 1.16. The molecule has 1 unspecified atom stereocenters. The lowest BCUT2D eigenvalue weighted by Crippen LogP contribution is -2.19. The van der Waals surface area contributed by atoms with E-state index in [9.17, 15) is 18.3 Å². The average Bonchev–Trinajstić information content (AvgIpc) is 2.46. The first kappa shape index (κ1) is 15.2. The van der Waals surface area contributed by atoms with Crippen LogP contribution in [0.2, 0.25) is 0 Å². The van der Waals surface area contributed by atoms with Gasteiger partial charge in [0.2, 0.25) is 0 Å². The van der Waals surface area contributed by atoms with Crippen LogP contribution in [0.4, 0.5) is 0 Å². The summed E-state index contributed by atoms with van der Waals surface area (Å²) in [5.74, 6) is -1.36. The Morgan fingerprint density at radius 3 is 2.14 bits per heavy atom. The summed E-state index contributed by atoms with van der Waals surface area (Å²) >= 11 is 0. The Hall–Kier alpha value is -2.18. The molecule has 0 heterocycles. The summed E-state index contributed by atoms with van der Waals surface area (Å²) in [5, 5.41) is 9.19. The van der Waals surface area contributed by atoms with Crippen LogP contribution in [0.15, 0.2) is 59.5 Å². The zero-order chi connectivity index (χ0) is 15.5. The summed E-state index contributed by atoms with van der Waals surface area (Å²) in [7, 11) is -4.15. The number of carboxylic acid groups (broad SMARTS) is 1. The summed E-state index contributed by atoms with van der Waals surface area (Å²) in [4.78, 5) is 11.2. The normalized spacial score (nSPS) is 12.8. The van der Waals surface area contributed by atoms with E-state index in [2.05, 4.69) is 0 Å². The van der Waals surface area contributed by atoms with Gasteiger partial charge in [-0.1, -0.05) is 48.0 Å². The molecule has 2 rings (SSSR count). The van der Waals surface area contributed by atoms with Crippen molar-refractivity contribution in [2.75, 3.05) is 0 Å². The third-order valence-electron chi connectivity index (χ3n) is 2.86. The van der Waals surface area contributed by atoms with Crippen molar-refractivity contribution < 1.29 is 22.5 Å². The first-order valence-corrected chi connectivity index (χ1v) is 7.59. The Labute approximate surface area is 122 Å². The van der Waals surface area contributed by atoms with Gasteiger partial charge in [0.25, 0.3) is 10.1 Å². The molecule has 110 valence electrons. The highest BCUT2D eigenvalue weighted by atomic mass is 32.2. The van der Waals surface area contributed by atoms with E-state index in [1.807, 2.05) is 6.92 Å². The van der Waals surface area contributed by atoms with Gasteiger partial charge in [0.05, 0.1) is 4.90 Å². The van der Waals surface area contributed by atoms with Crippen LogP contribution in [0, 0.1) is 6.92 Å². The molecule has 5 nitrogen and oxygen atoms in total. The predicted octanol–water partition coefficient (Wildman–Crippen LogP) is 2.53. The number of rotatable bonds is 5. The predicted molar refractivity (Wildman–Crippen MR) is 76.3 cm³/mol. The fourth-order valence-electron chi connectivity index (χ4n) is 1.75. The SMILES string of the molecule is Cc1ccc(S(=O)(=O)OC(C(=O)O)c2ccccc2)cc1. The molecule has 1 N–H and O–H groups in total. The van der Waals surface area contributed by atoms with Crippen molar-refractivity contribution in [1.82, 2.24) is 0 Å². The Bertz CT molecular complexity index is 720. The van der Waals surface area contributed by atoms with E-state index in [0.29, 0.717) is 0 Å². The molecule has 0 radical (unpaired) electrons. The third-order valence-corrected chi connectivity index (χ3v) is 4.15. The number of carbonyl (C=O) groups is 1. The molecule has 0 aliphatic heterocycles. The van der Waals surface area contributed by atoms with Gasteiger partial charge in [-0.2, -0.15) is 8.42 Å². The highest BCUT2D eigenvalue weighted by molar-refractivity contribution is 7.86. The molecule has 21 heavy (non-hydrogen) atoms. The maximum Gasteiger partial charge on any atom is 0.339 e. The van der Waals surface area contributed by atoms with Crippen LogP contribution in [0.3, 0.4) is 0 Å². The van der Waals surface area contributed by atoms with Gasteiger partial charge in [0.1, 0.15) is 0 Å². The topological polar surface area (TPSA) is 80.7 Å². The number of hydrogen-bond acceptors (Lipinski definition) is 4. The smallest absolute Gasteiger partial charge is 0.339 e. The van der Waals surface area contributed by atoms with E-state index in [4.69, 9.17) is 4.18 Å². The molecular weight excluding hydrogens is 292 g/mol. The standard InChI is InChI=1S/C15H14O5S/c1-11-7-9-13(10-8-11)21(18,19)20-14(15(16)17)12-5-3-2-4-6-12/h2-10,14H,1H3,(H,16,17). The van der Waals surface area contributed by atoms with Crippen LogP contribution in [0.25, 0.3) is 0 Å². The van der Waals surface area contributed by atoms with Crippen molar-refractivity contribution in [3.8, 4) is 0 Å². The lowest BCUT2D eigenvalue weighted by Gasteiger charge is -2.14. The van der Waals surface area contributed by atoms with Crippen LogP contribution in [0.1, 0.15) is 17.2 Å². The molecular formula is C15H14O5S. The second-order valence-electron chi connectivity index (χ2n) is 4.49. The Morgan fingerprint density at radius 1 is 1.05 bits per heavy atom. The molecule has 0 fully saturated rings. The van der Waals surface area contributed by atoms with Crippen LogP contribution < -0.4 is 0 Å². The monoisotopic (exact) mass is 306 g/mol. The number of aliphatic carboxylic acids is 1. The van der Waals surface area contributed by atoms with Gasteiger partial charge in [-0.25, -0.2) is 8.98 Å². The van der Waals surface area contributed by atoms with E-state index in [0.717, 1.165) is 5.56 Å². The third kappa shape index (κ3) is 3.68. The summed E-state index contributed by atoms with van der Waals surface area (Å²) < 4.78 is 29.2. The second kappa shape index (κ2) is 6.07. The molecule has 2 aromatic carbocycles. The van der Waals surface area contributed by atoms with E-state index < -0.39 is 22.2 Å². The van der Waals surface area contributed by atoms with E-state index in [-0.39, 0.29) is 10.5 Å². The van der Waals surface area contributed by atoms with Gasteiger partial charge in [0, 0.05) is 0 Å². The van der Waals surface area contributed by atoms with E-state index in [1.165, 1.54) is 24.3 Å². The molecule has 0 amide bonds. The van der Waals surface area contributed by atoms with Gasteiger partial charge in [-0.3, -0.25) is 0 Å². The van der Waals surface area contributed by atoms with Gasteiger partial charge in [-0.15, -0.1) is 0 Å². The first-order valence-electron chi connectivity index (χ1n) is 6.18. The minimum Gasteiger partial charge on any atom is -0.479 e. The van der Waals surface area contributed by atoms with Crippen LogP contribution >= 0.6 is 0 Å². The Morgan fingerprint density at radius 2 is 1.62 bits per heavy atom. The van der Waals surface area contributed by atoms with Crippen LogP contribution in [-0.4, -0.2) is 19.5 Å². The average molecular weight is 306 g/mol. The Kier molecular flexibility index (Phi) is 4.40. The molecule has 0 bridgehead atoms. The maximum absolute atomic E-state index is 12.1. The molecule has 6 heteroatoms. The van der Waals surface area contributed by atoms with Crippen molar-refractivity contribution in [1.29, 1.82) is 0 Å². The minimum absolute atomic E-state index is 0.0738. The van der Waals surface area contributed by atoms with E-state index in [1.54, 1.807) is 30.3 Å². The second-order valence-corrected chi connectivity index (χ2v) is 6.06. The van der Waals surface area contributed by atoms with E-state index >= 15 is 0 Å². The summed E-state index contributed by atoms with van der Waals surface area (Å²) in [6.45, 7) is 1.82. The molecule has 0 spiro atoms. The van der Waals surface area contributed by atoms with Crippen LogP contribution in [0.5, 0.6) is 0 Å². The lowest BCUT2D eigenvalue weighted by molar-refractivity contribution is -0.145. The highest BCUT2D eigenvalue weighted by Crippen LogP contribution is 2.24. The molecule has 0 aliphatic carbocycles. The van der Waals surface area contributed by atoms with Crippen molar-refractivity contribution in [2.45, 2.75) is 17.9 Å². The highest BCUT2D eigenvalue weighted by Gasteiger charge is 2.28. The zero-order valence-corrected chi connectivity index (χ0v) is 12.1. The molecule has 0 aromatic heterocycles. The molecule has 2 aromatic rings. The van der Waals surface area contributed by atoms with Crippen molar-refractivity contribution >= 4 is 16.1 Å². The number of hydrogen-bond donors (Lipinski definition) is 1. The zero-order valence-electron chi connectivity index (χ0n) is 11.3. The largest absolute Gasteiger partial charge is 0.479 e.